The van der Waals surface area contributed by atoms with Crippen molar-refractivity contribution in [1.82, 2.24) is 15.3 Å². The van der Waals surface area contributed by atoms with Crippen molar-refractivity contribution in [3.8, 4) is 0 Å². The zero-order valence-electron chi connectivity index (χ0n) is 12.7. The summed E-state index contributed by atoms with van der Waals surface area (Å²) in [6.45, 7) is 8.37. The number of amides is 1. The number of thioether (sulfide) groups is 1. The van der Waals surface area contributed by atoms with E-state index >= 15 is 0 Å². The Bertz CT molecular complexity index is 661. The fourth-order valence-corrected chi connectivity index (χ4v) is 3.72. The number of rotatable bonds is 5. The van der Waals surface area contributed by atoms with Crippen LogP contribution in [0.5, 0.6) is 0 Å². The summed E-state index contributed by atoms with van der Waals surface area (Å²) in [5, 5.41) is 4.77. The molecule has 0 fully saturated rings. The van der Waals surface area contributed by atoms with E-state index in [0.717, 1.165) is 15.2 Å². The summed E-state index contributed by atoms with van der Waals surface area (Å²) in [4.78, 5) is 22.7. The van der Waals surface area contributed by atoms with Crippen molar-refractivity contribution in [2.45, 2.75) is 38.3 Å². The molecule has 0 aliphatic carbocycles. The van der Waals surface area contributed by atoms with Crippen LogP contribution in [0.1, 0.15) is 24.3 Å². The van der Waals surface area contributed by atoms with Gasteiger partial charge >= 0.3 is 0 Å². The molecule has 114 valence electrons. The van der Waals surface area contributed by atoms with Crippen molar-refractivity contribution in [3.05, 3.63) is 16.8 Å². The summed E-state index contributed by atoms with van der Waals surface area (Å²) in [6.07, 6.45) is 1.56. The lowest BCUT2D eigenvalue weighted by Gasteiger charge is -2.18. The smallest absolute Gasteiger partial charge is 0.230 e. The third-order valence-electron chi connectivity index (χ3n) is 3.01. The minimum Gasteiger partial charge on any atom is -0.354 e. The molecule has 0 aliphatic heterocycles. The zero-order chi connectivity index (χ0) is 15.6. The number of thiophene rings is 1. The van der Waals surface area contributed by atoms with Crippen LogP contribution >= 0.6 is 23.1 Å². The topological polar surface area (TPSA) is 80.9 Å². The molecule has 7 heteroatoms. The number of aromatic nitrogens is 2. The predicted molar refractivity (Wildman–Crippen MR) is 88.9 cm³/mol. The zero-order valence-corrected chi connectivity index (χ0v) is 14.3. The van der Waals surface area contributed by atoms with E-state index in [1.807, 2.05) is 13.8 Å². The van der Waals surface area contributed by atoms with Gasteiger partial charge in [-0.05, 0) is 33.3 Å². The minimum absolute atomic E-state index is 0.0325. The Morgan fingerprint density at radius 1 is 1.43 bits per heavy atom. The quantitative estimate of drug-likeness (QED) is 0.651. The number of carbonyl (C=O) groups is 1. The van der Waals surface area contributed by atoms with Crippen LogP contribution in [0.15, 0.2) is 11.4 Å². The van der Waals surface area contributed by atoms with Crippen molar-refractivity contribution in [2.75, 3.05) is 12.3 Å². The molecule has 1 amide bonds. The first-order chi connectivity index (χ1) is 9.78. The molecule has 2 aromatic heterocycles. The lowest BCUT2D eigenvalue weighted by Crippen LogP contribution is -2.45. The van der Waals surface area contributed by atoms with Crippen LogP contribution in [0.3, 0.4) is 0 Å². The Hall–Kier alpha value is -1.18. The Kier molecular flexibility index (Phi) is 4.85. The Balaban J connectivity index is 2.05. The molecule has 2 rings (SSSR count). The van der Waals surface area contributed by atoms with Crippen LogP contribution < -0.4 is 11.1 Å². The molecule has 5 nitrogen and oxygen atoms in total. The van der Waals surface area contributed by atoms with Crippen molar-refractivity contribution < 1.29 is 4.79 Å². The number of fused-ring (bicyclic) bond motifs is 1. The molecular weight excluding hydrogens is 304 g/mol. The van der Waals surface area contributed by atoms with Crippen molar-refractivity contribution in [2.24, 2.45) is 5.73 Å². The first-order valence-electron chi connectivity index (χ1n) is 6.67. The van der Waals surface area contributed by atoms with Gasteiger partial charge in [-0.1, -0.05) is 11.8 Å². The molecule has 2 heterocycles. The fraction of sp³-hybridized carbons (Fsp3) is 0.500. The van der Waals surface area contributed by atoms with Gasteiger partial charge in [0, 0.05) is 22.3 Å². The van der Waals surface area contributed by atoms with E-state index in [0.29, 0.717) is 12.3 Å². The van der Waals surface area contributed by atoms with Crippen LogP contribution in [0.2, 0.25) is 0 Å². The van der Waals surface area contributed by atoms with Crippen molar-refractivity contribution >= 4 is 39.2 Å². The second-order valence-electron chi connectivity index (χ2n) is 5.70. The molecular formula is C14H20N4OS2. The molecule has 2 aromatic rings. The molecule has 0 aliphatic rings. The number of nitrogens with two attached hydrogens (primary N) is 1. The van der Waals surface area contributed by atoms with E-state index in [1.54, 1.807) is 17.7 Å². The Morgan fingerprint density at radius 3 is 2.81 bits per heavy atom. The highest BCUT2D eigenvalue weighted by Crippen LogP contribution is 2.34. The maximum absolute atomic E-state index is 11.9. The van der Waals surface area contributed by atoms with E-state index in [-0.39, 0.29) is 5.91 Å². The summed E-state index contributed by atoms with van der Waals surface area (Å²) in [5.74, 6) is 0.297. The number of nitrogens with one attached hydrogen (secondary N) is 1. The summed E-state index contributed by atoms with van der Waals surface area (Å²) in [7, 11) is 0. The highest BCUT2D eigenvalue weighted by atomic mass is 32.2. The molecule has 3 N–H and O–H groups in total. The van der Waals surface area contributed by atoms with Gasteiger partial charge in [-0.15, -0.1) is 11.3 Å². The fourth-order valence-electron chi connectivity index (χ4n) is 1.77. The van der Waals surface area contributed by atoms with E-state index in [9.17, 15) is 4.79 Å². The standard InChI is InChI=1S/C14H20N4OS2/c1-8-9(2)21-13-11(8)12(17-7-18-13)20-5-10(19)16-6-14(3,4)15/h7H,5-6,15H2,1-4H3,(H,16,19). The normalized spacial score (nSPS) is 11.9. The largest absolute Gasteiger partial charge is 0.354 e. The van der Waals surface area contributed by atoms with Crippen LogP contribution in [0, 0.1) is 13.8 Å². The van der Waals surface area contributed by atoms with E-state index in [4.69, 9.17) is 5.73 Å². The molecule has 0 unspecified atom stereocenters. The first kappa shape index (κ1) is 16.2. The first-order valence-corrected chi connectivity index (χ1v) is 8.47. The monoisotopic (exact) mass is 324 g/mol. The third-order valence-corrected chi connectivity index (χ3v) is 5.12. The molecule has 0 spiro atoms. The lowest BCUT2D eigenvalue weighted by atomic mass is 10.1. The van der Waals surface area contributed by atoms with Gasteiger partial charge < -0.3 is 11.1 Å². The van der Waals surface area contributed by atoms with E-state index in [2.05, 4.69) is 29.1 Å². The molecule has 0 atom stereocenters. The van der Waals surface area contributed by atoms with Crippen LogP contribution in [0.4, 0.5) is 0 Å². The van der Waals surface area contributed by atoms with Crippen LogP contribution in [-0.2, 0) is 4.79 Å². The number of carbonyl (C=O) groups excluding carboxylic acids is 1. The van der Waals surface area contributed by atoms with E-state index < -0.39 is 5.54 Å². The van der Waals surface area contributed by atoms with Gasteiger partial charge in [0.15, 0.2) is 0 Å². The number of nitrogens with zero attached hydrogens (tertiary/aromatic N) is 2. The van der Waals surface area contributed by atoms with Gasteiger partial charge in [0.2, 0.25) is 5.91 Å². The van der Waals surface area contributed by atoms with E-state index in [1.165, 1.54) is 22.2 Å². The Morgan fingerprint density at radius 2 is 2.14 bits per heavy atom. The lowest BCUT2D eigenvalue weighted by molar-refractivity contribution is -0.118. The maximum Gasteiger partial charge on any atom is 0.230 e. The van der Waals surface area contributed by atoms with Gasteiger partial charge in [0.05, 0.1) is 5.75 Å². The minimum atomic E-state index is -0.399. The summed E-state index contributed by atoms with van der Waals surface area (Å²) in [6, 6.07) is 0. The second-order valence-corrected chi connectivity index (χ2v) is 7.86. The number of hydrogen-bond acceptors (Lipinski definition) is 6. The van der Waals surface area contributed by atoms with Crippen LogP contribution in [-0.4, -0.2) is 33.7 Å². The van der Waals surface area contributed by atoms with Gasteiger partial charge in [0.1, 0.15) is 16.2 Å². The number of aryl methyl sites for hydroxylation is 2. The van der Waals surface area contributed by atoms with Crippen molar-refractivity contribution in [1.29, 1.82) is 0 Å². The van der Waals surface area contributed by atoms with Crippen molar-refractivity contribution in [3.63, 3.8) is 0 Å². The summed E-state index contributed by atoms with van der Waals surface area (Å²) in [5.41, 5.74) is 6.64. The molecule has 0 radical (unpaired) electrons. The molecule has 21 heavy (non-hydrogen) atoms. The summed E-state index contributed by atoms with van der Waals surface area (Å²) >= 11 is 3.10. The maximum atomic E-state index is 11.9. The molecule has 0 saturated carbocycles. The molecule has 0 aromatic carbocycles. The molecule has 0 bridgehead atoms. The number of hydrogen-bond donors (Lipinski definition) is 2. The van der Waals surface area contributed by atoms with Gasteiger partial charge in [0.25, 0.3) is 0 Å². The van der Waals surface area contributed by atoms with Gasteiger partial charge in [-0.3, -0.25) is 4.79 Å². The summed E-state index contributed by atoms with van der Waals surface area (Å²) < 4.78 is 0. The highest BCUT2D eigenvalue weighted by molar-refractivity contribution is 8.00. The Labute approximate surface area is 132 Å². The van der Waals surface area contributed by atoms with Crippen LogP contribution in [0.25, 0.3) is 10.2 Å². The van der Waals surface area contributed by atoms with Gasteiger partial charge in [-0.2, -0.15) is 0 Å². The third kappa shape index (κ3) is 4.15. The predicted octanol–water partition coefficient (Wildman–Crippen LogP) is 2.25. The van der Waals surface area contributed by atoms with Gasteiger partial charge in [-0.25, -0.2) is 9.97 Å². The average Bonchev–Trinajstić information content (AvgIpc) is 2.69. The SMILES string of the molecule is Cc1sc2ncnc(SCC(=O)NCC(C)(C)N)c2c1C. The molecule has 0 saturated heterocycles. The highest BCUT2D eigenvalue weighted by Gasteiger charge is 2.15. The average molecular weight is 324 g/mol. The second kappa shape index (κ2) is 6.29.